The molecule has 0 unspecified atom stereocenters. The summed E-state index contributed by atoms with van der Waals surface area (Å²) < 4.78 is 9.81. The summed E-state index contributed by atoms with van der Waals surface area (Å²) in [7, 11) is 2.79. The van der Waals surface area contributed by atoms with E-state index in [0.717, 1.165) is 0 Å². The smallest absolute Gasteiger partial charge is 0.307 e. The summed E-state index contributed by atoms with van der Waals surface area (Å²) in [5.74, 6) is -0.513. The van der Waals surface area contributed by atoms with E-state index in [9.17, 15) is 14.4 Å². The Morgan fingerprint density at radius 2 is 2.08 bits per heavy atom. The normalized spacial score (nSPS) is 17.8. The number of benzene rings is 1. The fourth-order valence-corrected chi connectivity index (χ4v) is 2.54. The van der Waals surface area contributed by atoms with Crippen LogP contribution in [0.15, 0.2) is 24.3 Å². The topological polar surface area (TPSA) is 97.0 Å². The molecule has 2 N–H and O–H groups in total. The fourth-order valence-electron chi connectivity index (χ4n) is 2.54. The Kier molecular flexibility index (Phi) is 6.14. The molecule has 24 heavy (non-hydrogen) atoms. The van der Waals surface area contributed by atoms with Gasteiger partial charge in [0.05, 0.1) is 32.9 Å². The summed E-state index contributed by atoms with van der Waals surface area (Å²) in [6.45, 7) is 0.901. The molecule has 0 radical (unpaired) electrons. The molecular formula is C16H21N3O5. The molecule has 0 aliphatic carbocycles. The first kappa shape index (κ1) is 17.7. The predicted molar refractivity (Wildman–Crippen MR) is 86.6 cm³/mol. The third kappa shape index (κ3) is 4.45. The Bertz CT molecular complexity index is 619. The number of hydrogen-bond acceptors (Lipinski definition) is 6. The van der Waals surface area contributed by atoms with E-state index in [-0.39, 0.29) is 24.8 Å². The second kappa shape index (κ2) is 8.30. The van der Waals surface area contributed by atoms with E-state index >= 15 is 0 Å². The molecule has 1 aliphatic heterocycles. The van der Waals surface area contributed by atoms with E-state index < -0.39 is 12.0 Å². The Balaban J connectivity index is 2.02. The van der Waals surface area contributed by atoms with Gasteiger partial charge in [0.1, 0.15) is 11.8 Å². The average Bonchev–Trinajstić information content (AvgIpc) is 2.58. The second-order valence-corrected chi connectivity index (χ2v) is 5.31. The van der Waals surface area contributed by atoms with Crippen molar-refractivity contribution in [1.29, 1.82) is 0 Å². The molecule has 1 atom stereocenters. The molecule has 0 saturated carbocycles. The Hall–Kier alpha value is -2.61. The van der Waals surface area contributed by atoms with Crippen molar-refractivity contribution in [1.82, 2.24) is 10.2 Å². The highest BCUT2D eigenvalue weighted by atomic mass is 16.5. The first-order valence-electron chi connectivity index (χ1n) is 7.56. The minimum absolute atomic E-state index is 0.00682. The maximum Gasteiger partial charge on any atom is 0.307 e. The zero-order valence-electron chi connectivity index (χ0n) is 13.7. The fraction of sp³-hybridized carbons (Fsp3) is 0.438. The van der Waals surface area contributed by atoms with Crippen molar-refractivity contribution in [2.75, 3.05) is 39.2 Å². The Morgan fingerprint density at radius 3 is 2.79 bits per heavy atom. The highest BCUT2D eigenvalue weighted by Gasteiger charge is 2.33. The number of nitrogens with one attached hydrogen (secondary N) is 2. The zero-order valence-corrected chi connectivity index (χ0v) is 13.7. The first-order valence-corrected chi connectivity index (χ1v) is 7.56. The molecule has 2 rings (SSSR count). The van der Waals surface area contributed by atoms with E-state index in [1.54, 1.807) is 29.2 Å². The number of hydrogen-bond donors (Lipinski definition) is 2. The van der Waals surface area contributed by atoms with E-state index in [1.165, 1.54) is 14.2 Å². The summed E-state index contributed by atoms with van der Waals surface area (Å²) in [4.78, 5) is 37.4. The molecule has 8 nitrogen and oxygen atoms in total. The molecule has 1 aromatic carbocycles. The highest BCUT2D eigenvalue weighted by Crippen LogP contribution is 2.23. The van der Waals surface area contributed by atoms with Crippen molar-refractivity contribution in [3.05, 3.63) is 24.3 Å². The number of carbonyl (C=O) groups is 3. The van der Waals surface area contributed by atoms with Crippen LogP contribution in [0.5, 0.6) is 5.75 Å². The third-order valence-corrected chi connectivity index (χ3v) is 3.76. The lowest BCUT2D eigenvalue weighted by Crippen LogP contribution is -2.57. The van der Waals surface area contributed by atoms with Crippen LogP contribution in [0.1, 0.15) is 6.42 Å². The Labute approximate surface area is 140 Å². The van der Waals surface area contributed by atoms with Gasteiger partial charge in [-0.2, -0.15) is 0 Å². The van der Waals surface area contributed by atoms with Gasteiger partial charge in [-0.3, -0.25) is 19.3 Å². The number of anilines is 1. The van der Waals surface area contributed by atoms with Gasteiger partial charge in [-0.25, -0.2) is 0 Å². The van der Waals surface area contributed by atoms with Gasteiger partial charge in [-0.1, -0.05) is 12.1 Å². The lowest BCUT2D eigenvalue weighted by molar-refractivity contribution is -0.146. The van der Waals surface area contributed by atoms with Crippen molar-refractivity contribution in [2.24, 2.45) is 0 Å². The maximum atomic E-state index is 12.3. The zero-order chi connectivity index (χ0) is 17.5. The van der Waals surface area contributed by atoms with E-state index in [4.69, 9.17) is 4.74 Å². The molecule has 1 aliphatic rings. The number of methoxy groups -OCH3 is 2. The quantitative estimate of drug-likeness (QED) is 0.710. The van der Waals surface area contributed by atoms with Crippen molar-refractivity contribution < 1.29 is 23.9 Å². The summed E-state index contributed by atoms with van der Waals surface area (Å²) >= 11 is 0. The van der Waals surface area contributed by atoms with Gasteiger partial charge in [-0.05, 0) is 12.1 Å². The first-order chi connectivity index (χ1) is 11.5. The van der Waals surface area contributed by atoms with E-state index in [2.05, 4.69) is 15.4 Å². The van der Waals surface area contributed by atoms with Gasteiger partial charge < -0.3 is 20.1 Å². The molecule has 1 heterocycles. The van der Waals surface area contributed by atoms with Crippen LogP contribution >= 0.6 is 0 Å². The van der Waals surface area contributed by atoms with Crippen LogP contribution in [-0.2, 0) is 19.1 Å². The summed E-state index contributed by atoms with van der Waals surface area (Å²) in [5, 5.41) is 5.45. The van der Waals surface area contributed by atoms with Crippen LogP contribution in [0.2, 0.25) is 0 Å². The predicted octanol–water partition coefficient (Wildman–Crippen LogP) is -0.00280. The molecule has 0 bridgehead atoms. The number of carbonyl (C=O) groups excluding carboxylic acids is 3. The summed E-state index contributed by atoms with van der Waals surface area (Å²) in [5.41, 5.74) is 0.552. The third-order valence-electron chi connectivity index (χ3n) is 3.76. The van der Waals surface area contributed by atoms with Gasteiger partial charge in [0.25, 0.3) is 0 Å². The van der Waals surface area contributed by atoms with Gasteiger partial charge in [0, 0.05) is 13.1 Å². The van der Waals surface area contributed by atoms with Gasteiger partial charge in [0.2, 0.25) is 11.8 Å². The monoisotopic (exact) mass is 335 g/mol. The standard InChI is InChI=1S/C16H21N3O5/c1-23-13-6-4-3-5-11(13)18-14(20)10-19-8-7-17-16(22)12(19)9-15(21)24-2/h3-6,12H,7-10H2,1-2H3,(H,17,22)(H,18,20)/t12-/m0/s1. The molecule has 2 amide bonds. The average molecular weight is 335 g/mol. The molecule has 0 aromatic heterocycles. The minimum Gasteiger partial charge on any atom is -0.495 e. The number of para-hydroxylation sites is 2. The molecule has 1 fully saturated rings. The maximum absolute atomic E-state index is 12.3. The number of amides is 2. The van der Waals surface area contributed by atoms with Gasteiger partial charge >= 0.3 is 5.97 Å². The number of esters is 1. The number of nitrogens with zero attached hydrogens (tertiary/aromatic N) is 1. The number of ether oxygens (including phenoxy) is 2. The summed E-state index contributed by atoms with van der Waals surface area (Å²) in [6.07, 6.45) is -0.0930. The van der Waals surface area contributed by atoms with Crippen LogP contribution in [-0.4, -0.2) is 62.6 Å². The molecule has 0 spiro atoms. The molecule has 8 heteroatoms. The molecule has 130 valence electrons. The lowest BCUT2D eigenvalue weighted by Gasteiger charge is -2.33. The second-order valence-electron chi connectivity index (χ2n) is 5.31. The molecule has 1 aromatic rings. The van der Waals surface area contributed by atoms with Crippen LogP contribution in [0.25, 0.3) is 0 Å². The molecular weight excluding hydrogens is 314 g/mol. The number of rotatable bonds is 6. The summed E-state index contributed by atoms with van der Waals surface area (Å²) in [6, 6.07) is 6.34. The van der Waals surface area contributed by atoms with Crippen LogP contribution in [0.4, 0.5) is 5.69 Å². The van der Waals surface area contributed by atoms with Crippen LogP contribution in [0.3, 0.4) is 0 Å². The van der Waals surface area contributed by atoms with Gasteiger partial charge in [-0.15, -0.1) is 0 Å². The largest absolute Gasteiger partial charge is 0.495 e. The van der Waals surface area contributed by atoms with E-state index in [1.807, 2.05) is 0 Å². The Morgan fingerprint density at radius 1 is 1.33 bits per heavy atom. The van der Waals surface area contributed by atoms with Crippen molar-refractivity contribution in [3.63, 3.8) is 0 Å². The van der Waals surface area contributed by atoms with Gasteiger partial charge in [0.15, 0.2) is 0 Å². The lowest BCUT2D eigenvalue weighted by atomic mass is 10.1. The molecule has 1 saturated heterocycles. The van der Waals surface area contributed by atoms with Crippen LogP contribution < -0.4 is 15.4 Å². The minimum atomic E-state index is -0.713. The van der Waals surface area contributed by atoms with Crippen molar-refractivity contribution in [2.45, 2.75) is 12.5 Å². The SMILES string of the molecule is COC(=O)C[C@H]1C(=O)NCCN1CC(=O)Nc1ccccc1OC. The van der Waals surface area contributed by atoms with Crippen molar-refractivity contribution >= 4 is 23.5 Å². The van der Waals surface area contributed by atoms with Crippen LogP contribution in [0, 0.1) is 0 Å². The van der Waals surface area contributed by atoms with E-state index in [0.29, 0.717) is 24.5 Å². The van der Waals surface area contributed by atoms with Crippen molar-refractivity contribution in [3.8, 4) is 5.75 Å². The number of piperazine rings is 1. The highest BCUT2D eigenvalue weighted by molar-refractivity contribution is 5.94.